The zero-order valence-corrected chi connectivity index (χ0v) is 19.3. The second-order valence-electron chi connectivity index (χ2n) is 9.04. The van der Waals surface area contributed by atoms with Crippen LogP contribution in [0.25, 0.3) is 11.0 Å². The lowest BCUT2D eigenvalue weighted by Gasteiger charge is -2.32. The molecule has 1 aliphatic carbocycles. The van der Waals surface area contributed by atoms with Crippen LogP contribution in [-0.2, 0) is 17.8 Å². The Morgan fingerprint density at radius 3 is 2.85 bits per heavy atom. The monoisotopic (exact) mass is 462 g/mol. The predicted octanol–water partition coefficient (Wildman–Crippen LogP) is 2.58. The number of methoxy groups -OCH3 is 1. The molecule has 4 N–H and O–H groups in total. The number of ether oxygens (including phenoxy) is 2. The van der Waals surface area contributed by atoms with Gasteiger partial charge >= 0.3 is 0 Å². The lowest BCUT2D eigenvalue weighted by atomic mass is 9.80. The first kappa shape index (κ1) is 22.5. The SMILES string of the molecule is COc1ccc2nccc(C[C@H](N)[C@H]3CC[C@H](NCc4ccc5c(n4)NC(=O)CO5)CC3)c2n1. The van der Waals surface area contributed by atoms with Crippen molar-refractivity contribution in [2.75, 3.05) is 19.0 Å². The van der Waals surface area contributed by atoms with Gasteiger partial charge in [0.15, 0.2) is 18.2 Å². The van der Waals surface area contributed by atoms with E-state index < -0.39 is 0 Å². The highest BCUT2D eigenvalue weighted by atomic mass is 16.5. The van der Waals surface area contributed by atoms with Crippen molar-refractivity contribution in [3.05, 3.63) is 47.8 Å². The van der Waals surface area contributed by atoms with E-state index in [0.29, 0.717) is 36.0 Å². The highest BCUT2D eigenvalue weighted by molar-refractivity contribution is 5.94. The Balaban J connectivity index is 1.14. The highest BCUT2D eigenvalue weighted by Crippen LogP contribution is 2.30. The minimum absolute atomic E-state index is 0.0414. The second kappa shape index (κ2) is 9.90. The molecule has 5 rings (SSSR count). The number of carbonyl (C=O) groups is 1. The predicted molar refractivity (Wildman–Crippen MR) is 129 cm³/mol. The van der Waals surface area contributed by atoms with Gasteiger partial charge in [0.2, 0.25) is 5.88 Å². The van der Waals surface area contributed by atoms with Gasteiger partial charge in [0.25, 0.3) is 5.91 Å². The number of hydrogen-bond donors (Lipinski definition) is 3. The molecule has 0 saturated heterocycles. The van der Waals surface area contributed by atoms with Gasteiger partial charge in [-0.1, -0.05) is 0 Å². The molecule has 0 spiro atoms. The number of nitrogens with zero attached hydrogens (tertiary/aromatic N) is 3. The maximum absolute atomic E-state index is 11.5. The number of aromatic nitrogens is 3. The summed E-state index contributed by atoms with van der Waals surface area (Å²) in [6.45, 7) is 0.695. The van der Waals surface area contributed by atoms with Crippen LogP contribution in [0.5, 0.6) is 11.6 Å². The topological polar surface area (TPSA) is 124 Å². The molecule has 0 aromatic carbocycles. The molecule has 3 aromatic heterocycles. The average Bonchev–Trinajstić information content (AvgIpc) is 2.87. The van der Waals surface area contributed by atoms with Gasteiger partial charge in [0.05, 0.1) is 23.8 Å². The molecule has 9 heteroatoms. The van der Waals surface area contributed by atoms with Crippen molar-refractivity contribution in [3.63, 3.8) is 0 Å². The van der Waals surface area contributed by atoms with Crippen molar-refractivity contribution in [2.24, 2.45) is 11.7 Å². The normalized spacial score (nSPS) is 20.8. The van der Waals surface area contributed by atoms with Gasteiger partial charge < -0.3 is 25.8 Å². The fourth-order valence-electron chi connectivity index (χ4n) is 4.86. The Bertz CT molecular complexity index is 1180. The summed E-state index contributed by atoms with van der Waals surface area (Å²) in [5.41, 5.74) is 10.4. The molecule has 1 saturated carbocycles. The number of anilines is 1. The van der Waals surface area contributed by atoms with Crippen molar-refractivity contribution < 1.29 is 14.3 Å². The maximum Gasteiger partial charge on any atom is 0.263 e. The van der Waals surface area contributed by atoms with Crippen molar-refractivity contribution in [1.29, 1.82) is 0 Å². The molecule has 0 unspecified atom stereocenters. The lowest BCUT2D eigenvalue weighted by molar-refractivity contribution is -0.118. The van der Waals surface area contributed by atoms with E-state index in [0.717, 1.165) is 54.4 Å². The van der Waals surface area contributed by atoms with E-state index in [1.165, 1.54) is 0 Å². The van der Waals surface area contributed by atoms with Gasteiger partial charge in [0, 0.05) is 30.9 Å². The minimum Gasteiger partial charge on any atom is -0.481 e. The van der Waals surface area contributed by atoms with E-state index in [9.17, 15) is 4.79 Å². The molecule has 0 radical (unpaired) electrons. The quantitative estimate of drug-likeness (QED) is 0.489. The minimum atomic E-state index is -0.172. The van der Waals surface area contributed by atoms with Gasteiger partial charge in [-0.25, -0.2) is 9.97 Å². The molecule has 3 aromatic rings. The second-order valence-corrected chi connectivity index (χ2v) is 9.04. The van der Waals surface area contributed by atoms with Crippen LogP contribution in [0.2, 0.25) is 0 Å². The van der Waals surface area contributed by atoms with Crippen LogP contribution in [0.15, 0.2) is 36.5 Å². The first-order valence-corrected chi connectivity index (χ1v) is 11.8. The van der Waals surface area contributed by atoms with Crippen molar-refractivity contribution in [3.8, 4) is 11.6 Å². The summed E-state index contributed by atoms with van der Waals surface area (Å²) in [4.78, 5) is 25.1. The third-order valence-corrected chi connectivity index (χ3v) is 6.79. The Hall–Kier alpha value is -3.30. The Kier molecular flexibility index (Phi) is 6.55. The summed E-state index contributed by atoms with van der Waals surface area (Å²) in [5, 5.41) is 6.37. The van der Waals surface area contributed by atoms with E-state index >= 15 is 0 Å². The van der Waals surface area contributed by atoms with E-state index in [-0.39, 0.29) is 18.6 Å². The Morgan fingerprint density at radius 2 is 2.03 bits per heavy atom. The molecule has 34 heavy (non-hydrogen) atoms. The van der Waals surface area contributed by atoms with Gasteiger partial charge in [0.1, 0.15) is 0 Å². The molecular weight excluding hydrogens is 432 g/mol. The highest BCUT2D eigenvalue weighted by Gasteiger charge is 2.26. The Morgan fingerprint density at radius 1 is 1.18 bits per heavy atom. The van der Waals surface area contributed by atoms with Crippen molar-refractivity contribution >= 4 is 22.8 Å². The number of nitrogens with one attached hydrogen (secondary N) is 2. The van der Waals surface area contributed by atoms with Gasteiger partial charge in [-0.05, 0) is 67.9 Å². The smallest absolute Gasteiger partial charge is 0.263 e. The van der Waals surface area contributed by atoms with Crippen LogP contribution in [0.4, 0.5) is 5.82 Å². The van der Waals surface area contributed by atoms with Crippen LogP contribution in [0, 0.1) is 5.92 Å². The Labute approximate surface area is 198 Å². The zero-order valence-electron chi connectivity index (χ0n) is 19.3. The van der Waals surface area contributed by atoms with Gasteiger partial charge in [-0.3, -0.25) is 9.78 Å². The van der Waals surface area contributed by atoms with Crippen LogP contribution in [0.3, 0.4) is 0 Å². The van der Waals surface area contributed by atoms with E-state index in [4.69, 9.17) is 15.2 Å². The van der Waals surface area contributed by atoms with Crippen LogP contribution >= 0.6 is 0 Å². The standard InChI is InChI=1S/C25H30N6O3/c1-33-23-9-7-20-24(31-23)16(10-11-27-20)12-19(26)15-2-4-17(5-3-15)28-13-18-6-8-21-25(29-18)30-22(32)14-34-21/h6-11,15,17,19,28H,2-5,12-14,26H2,1H3,(H,29,30,32)/t15-,17-,19-/m0/s1. The summed E-state index contributed by atoms with van der Waals surface area (Å²) < 4.78 is 10.7. The third kappa shape index (κ3) is 4.95. The molecule has 1 fully saturated rings. The number of fused-ring (bicyclic) bond motifs is 2. The van der Waals surface area contributed by atoms with Gasteiger partial charge in [-0.15, -0.1) is 0 Å². The van der Waals surface area contributed by atoms with E-state index in [1.54, 1.807) is 7.11 Å². The summed E-state index contributed by atoms with van der Waals surface area (Å²) in [6, 6.07) is 10.1. The first-order chi connectivity index (χ1) is 16.6. The summed E-state index contributed by atoms with van der Waals surface area (Å²) in [7, 11) is 1.62. The largest absolute Gasteiger partial charge is 0.481 e. The van der Waals surface area contributed by atoms with Crippen molar-refractivity contribution in [2.45, 2.75) is 50.7 Å². The van der Waals surface area contributed by atoms with Gasteiger partial charge in [-0.2, -0.15) is 0 Å². The molecular formula is C25H30N6O3. The first-order valence-electron chi connectivity index (χ1n) is 11.8. The van der Waals surface area contributed by atoms with Crippen LogP contribution in [-0.4, -0.2) is 46.7 Å². The lowest BCUT2D eigenvalue weighted by Crippen LogP contribution is -2.39. The average molecular weight is 463 g/mol. The van der Waals surface area contributed by atoms with Crippen LogP contribution in [0.1, 0.15) is 36.9 Å². The number of rotatable bonds is 7. The number of nitrogens with two attached hydrogens (primary N) is 1. The molecule has 0 bridgehead atoms. The number of hydrogen-bond acceptors (Lipinski definition) is 8. The maximum atomic E-state index is 11.5. The number of carbonyl (C=O) groups excluding carboxylic acids is 1. The summed E-state index contributed by atoms with van der Waals surface area (Å²) >= 11 is 0. The molecule has 2 aliphatic rings. The zero-order chi connectivity index (χ0) is 23.5. The van der Waals surface area contributed by atoms with Crippen molar-refractivity contribution in [1.82, 2.24) is 20.3 Å². The molecule has 1 atom stereocenters. The third-order valence-electron chi connectivity index (χ3n) is 6.79. The molecule has 1 amide bonds. The van der Waals surface area contributed by atoms with Crippen LogP contribution < -0.4 is 25.8 Å². The fourth-order valence-corrected chi connectivity index (χ4v) is 4.86. The molecule has 4 heterocycles. The molecule has 1 aliphatic heterocycles. The number of pyridine rings is 3. The molecule has 178 valence electrons. The summed E-state index contributed by atoms with van der Waals surface area (Å²) in [5.74, 6) is 2.01. The fraction of sp³-hybridized carbons (Fsp3) is 0.440. The molecule has 9 nitrogen and oxygen atoms in total. The summed E-state index contributed by atoms with van der Waals surface area (Å²) in [6.07, 6.45) is 6.92. The van der Waals surface area contributed by atoms with E-state index in [1.807, 2.05) is 36.5 Å². The number of amides is 1. The van der Waals surface area contributed by atoms with E-state index in [2.05, 4.69) is 25.6 Å².